The molecule has 3 nitrogen and oxygen atoms in total. The normalized spacial score (nSPS) is 13.0. The van der Waals surface area contributed by atoms with Gasteiger partial charge in [-0.05, 0) is 12.1 Å². The lowest BCUT2D eigenvalue weighted by Crippen LogP contribution is -2.29. The van der Waals surface area contributed by atoms with Crippen LogP contribution < -0.4 is 0 Å². The Labute approximate surface area is 81.2 Å². The molecule has 3 N–H and O–H groups in total. The summed E-state index contributed by atoms with van der Waals surface area (Å²) in [6.07, 6.45) is -4.99. The van der Waals surface area contributed by atoms with Gasteiger partial charge in [0.15, 0.2) is 0 Å². The monoisotopic (exact) mass is 226 g/mol. The Morgan fingerprint density at radius 3 is 1.87 bits per heavy atom. The summed E-state index contributed by atoms with van der Waals surface area (Å²) in [4.78, 5) is 0. The number of halogens is 4. The molecule has 0 aromatic heterocycles. The third-order valence-corrected chi connectivity index (χ3v) is 1.65. The molecule has 0 radical (unpaired) electrons. The van der Waals surface area contributed by atoms with Crippen molar-refractivity contribution in [3.05, 3.63) is 35.1 Å². The van der Waals surface area contributed by atoms with Crippen molar-refractivity contribution in [1.82, 2.24) is 0 Å². The first-order valence-corrected chi connectivity index (χ1v) is 3.67. The highest BCUT2D eigenvalue weighted by molar-refractivity contribution is 5.33. The molecule has 0 atom stereocenters. The van der Waals surface area contributed by atoms with E-state index in [2.05, 4.69) is 0 Å². The number of hydrogen-bond donors (Lipinski definition) is 3. The third-order valence-electron chi connectivity index (χ3n) is 1.65. The average molecular weight is 226 g/mol. The first kappa shape index (κ1) is 11.9. The van der Waals surface area contributed by atoms with Crippen molar-refractivity contribution in [2.45, 2.75) is 12.1 Å². The molecule has 0 saturated carbocycles. The number of rotatable bonds is 1. The number of benzene rings is 1. The van der Waals surface area contributed by atoms with Gasteiger partial charge in [0.25, 0.3) is 0 Å². The van der Waals surface area contributed by atoms with Crippen LogP contribution in [0.2, 0.25) is 0 Å². The van der Waals surface area contributed by atoms with E-state index in [-0.39, 0.29) is 0 Å². The summed E-state index contributed by atoms with van der Waals surface area (Å²) < 4.78 is 49.7. The second-order valence-corrected chi connectivity index (χ2v) is 2.80. The van der Waals surface area contributed by atoms with Crippen molar-refractivity contribution in [3.8, 4) is 0 Å². The van der Waals surface area contributed by atoms with Crippen LogP contribution in [0.4, 0.5) is 17.6 Å². The first-order valence-electron chi connectivity index (χ1n) is 3.67. The molecule has 0 heterocycles. The summed E-state index contributed by atoms with van der Waals surface area (Å²) in [5.41, 5.74) is -3.26. The second kappa shape index (κ2) is 3.44. The van der Waals surface area contributed by atoms with E-state index < -0.39 is 29.1 Å². The van der Waals surface area contributed by atoms with Crippen molar-refractivity contribution >= 4 is 0 Å². The highest BCUT2D eigenvalue weighted by Gasteiger charge is 2.41. The molecule has 0 aliphatic rings. The zero-order valence-corrected chi connectivity index (χ0v) is 7.09. The molecule has 0 bridgehead atoms. The molecule has 0 saturated heterocycles. The summed E-state index contributed by atoms with van der Waals surface area (Å²) >= 11 is 0. The molecule has 7 heteroatoms. The lowest BCUT2D eigenvalue weighted by molar-refractivity contribution is -0.327. The highest BCUT2D eigenvalue weighted by atomic mass is 19.4. The minimum Gasteiger partial charge on any atom is -0.340 e. The predicted octanol–water partition coefficient (Wildman–Crippen LogP) is 0.932. The minimum atomic E-state index is -4.99. The van der Waals surface area contributed by atoms with Gasteiger partial charge < -0.3 is 15.3 Å². The number of aliphatic hydroxyl groups is 3. The molecule has 0 unspecified atom stereocenters. The maximum atomic E-state index is 12.9. The molecule has 0 aliphatic heterocycles. The fourth-order valence-corrected chi connectivity index (χ4v) is 1.10. The Morgan fingerprint density at radius 1 is 1.00 bits per heavy atom. The van der Waals surface area contributed by atoms with Crippen molar-refractivity contribution in [2.75, 3.05) is 0 Å². The summed E-state index contributed by atoms with van der Waals surface area (Å²) in [5, 5.41) is 25.8. The Bertz CT molecular complexity index is 367. The summed E-state index contributed by atoms with van der Waals surface area (Å²) in [6, 6.07) is 1.74. The van der Waals surface area contributed by atoms with Crippen molar-refractivity contribution in [1.29, 1.82) is 0 Å². The summed E-state index contributed by atoms with van der Waals surface area (Å²) in [6.45, 7) is 0. The topological polar surface area (TPSA) is 60.7 Å². The third kappa shape index (κ3) is 2.44. The van der Waals surface area contributed by atoms with Crippen LogP contribution in [0.15, 0.2) is 18.2 Å². The number of alkyl halides is 3. The fourth-order valence-electron chi connectivity index (χ4n) is 1.10. The van der Waals surface area contributed by atoms with Gasteiger partial charge in [0.05, 0.1) is 11.1 Å². The quantitative estimate of drug-likeness (QED) is 0.493. The smallest absolute Gasteiger partial charge is 0.340 e. The Morgan fingerprint density at radius 2 is 1.53 bits per heavy atom. The highest BCUT2D eigenvalue weighted by Crippen LogP contribution is 2.36. The maximum Gasteiger partial charge on any atom is 0.417 e. The van der Waals surface area contributed by atoms with Crippen molar-refractivity contribution in [2.24, 2.45) is 0 Å². The van der Waals surface area contributed by atoms with Gasteiger partial charge >= 0.3 is 12.1 Å². The van der Waals surface area contributed by atoms with Gasteiger partial charge in [-0.15, -0.1) is 0 Å². The molecule has 0 fully saturated rings. The van der Waals surface area contributed by atoms with Crippen LogP contribution in [-0.2, 0) is 12.1 Å². The van der Waals surface area contributed by atoms with Gasteiger partial charge in [0, 0.05) is 0 Å². The van der Waals surface area contributed by atoms with Crippen LogP contribution in [0.1, 0.15) is 11.1 Å². The van der Waals surface area contributed by atoms with Crippen LogP contribution in [0, 0.1) is 5.82 Å². The molecule has 0 spiro atoms. The average Bonchev–Trinajstić information content (AvgIpc) is 1.99. The zero-order chi connectivity index (χ0) is 11.9. The van der Waals surface area contributed by atoms with Crippen LogP contribution in [0.5, 0.6) is 0 Å². The van der Waals surface area contributed by atoms with E-state index in [9.17, 15) is 17.6 Å². The molecular formula is C8H6F4O3. The van der Waals surface area contributed by atoms with E-state index in [0.29, 0.717) is 12.1 Å². The standard InChI is InChI=1S/C8H6F4O3/c9-5-3-1-2-4(7(10,11)12)6(5)8(13,14)15/h1-3,13-15H. The van der Waals surface area contributed by atoms with E-state index in [0.717, 1.165) is 6.07 Å². The second-order valence-electron chi connectivity index (χ2n) is 2.80. The molecule has 0 aliphatic carbocycles. The minimum absolute atomic E-state index is 0.426. The SMILES string of the molecule is OC(O)(O)c1c(F)cccc1C(F)(F)F. The van der Waals surface area contributed by atoms with E-state index in [1.807, 2.05) is 0 Å². The van der Waals surface area contributed by atoms with Gasteiger partial charge in [-0.1, -0.05) is 6.07 Å². The van der Waals surface area contributed by atoms with Gasteiger partial charge in [0.1, 0.15) is 5.82 Å². The molecule has 84 valence electrons. The molecule has 1 aromatic rings. The fraction of sp³-hybridized carbons (Fsp3) is 0.250. The van der Waals surface area contributed by atoms with E-state index >= 15 is 0 Å². The Hall–Kier alpha value is -1.18. The molecule has 0 amide bonds. The van der Waals surface area contributed by atoms with Gasteiger partial charge in [-0.2, -0.15) is 13.2 Å². The van der Waals surface area contributed by atoms with Crippen LogP contribution >= 0.6 is 0 Å². The lowest BCUT2D eigenvalue weighted by Gasteiger charge is -2.20. The Balaban J connectivity index is 3.48. The van der Waals surface area contributed by atoms with Crippen molar-refractivity contribution in [3.63, 3.8) is 0 Å². The Kier molecular flexibility index (Phi) is 2.73. The molecule has 1 aromatic carbocycles. The molecule has 1 rings (SSSR count). The zero-order valence-electron chi connectivity index (χ0n) is 7.09. The van der Waals surface area contributed by atoms with Gasteiger partial charge in [0.2, 0.25) is 0 Å². The van der Waals surface area contributed by atoms with E-state index in [4.69, 9.17) is 15.3 Å². The van der Waals surface area contributed by atoms with Gasteiger partial charge in [-0.25, -0.2) is 4.39 Å². The first-order chi connectivity index (χ1) is 6.64. The lowest BCUT2D eigenvalue weighted by atomic mass is 10.0. The van der Waals surface area contributed by atoms with Crippen LogP contribution in [0.25, 0.3) is 0 Å². The maximum absolute atomic E-state index is 12.9. The van der Waals surface area contributed by atoms with Crippen LogP contribution in [-0.4, -0.2) is 15.3 Å². The molecule has 15 heavy (non-hydrogen) atoms. The van der Waals surface area contributed by atoms with Crippen LogP contribution in [0.3, 0.4) is 0 Å². The van der Waals surface area contributed by atoms with E-state index in [1.165, 1.54) is 0 Å². The number of hydrogen-bond acceptors (Lipinski definition) is 3. The van der Waals surface area contributed by atoms with Crippen molar-refractivity contribution < 1.29 is 32.9 Å². The van der Waals surface area contributed by atoms with E-state index in [1.54, 1.807) is 0 Å². The predicted molar refractivity (Wildman–Crippen MR) is 39.7 cm³/mol. The van der Waals surface area contributed by atoms with Gasteiger partial charge in [-0.3, -0.25) is 0 Å². The largest absolute Gasteiger partial charge is 0.417 e. The summed E-state index contributed by atoms with van der Waals surface area (Å²) in [7, 11) is 0. The molecular weight excluding hydrogens is 220 g/mol. The summed E-state index contributed by atoms with van der Waals surface area (Å²) in [5.74, 6) is -5.42.